The summed E-state index contributed by atoms with van der Waals surface area (Å²) in [6.45, 7) is 0.294. The van der Waals surface area contributed by atoms with Gasteiger partial charge in [-0.25, -0.2) is 4.39 Å². The summed E-state index contributed by atoms with van der Waals surface area (Å²) in [5.74, 6) is 0.426. The Morgan fingerprint density at radius 1 is 1.28 bits per heavy atom. The second-order valence-corrected chi connectivity index (χ2v) is 6.35. The van der Waals surface area contributed by atoms with Crippen LogP contribution in [-0.2, 0) is 11.2 Å². The molecule has 1 fully saturated rings. The van der Waals surface area contributed by atoms with Crippen LogP contribution in [0.2, 0.25) is 0 Å². The molecule has 1 saturated heterocycles. The van der Waals surface area contributed by atoms with Gasteiger partial charge in [0.2, 0.25) is 5.91 Å². The van der Waals surface area contributed by atoms with Gasteiger partial charge in [-0.3, -0.25) is 4.79 Å². The second kappa shape index (κ2) is 7.66. The number of carbonyl (C=O) groups excluding carboxylic acids is 1. The standard InChI is InChI=1S/C20H22FNO3/c1-25-18-8-5-14(6-9-18)7-10-20(24)22-13-17(23)12-19(22)15-3-2-4-16(21)11-15/h2-6,8-9,11,17,19,23H,7,10,12-13H2,1H3. The van der Waals surface area contributed by atoms with Crippen molar-refractivity contribution < 1.29 is 19.0 Å². The quantitative estimate of drug-likeness (QED) is 0.908. The molecule has 1 heterocycles. The molecule has 4 nitrogen and oxygen atoms in total. The minimum Gasteiger partial charge on any atom is -0.497 e. The van der Waals surface area contributed by atoms with Gasteiger partial charge in [0, 0.05) is 13.0 Å². The Bertz CT molecular complexity index is 732. The minimum absolute atomic E-state index is 0.0263. The Morgan fingerprint density at radius 2 is 2.04 bits per heavy atom. The van der Waals surface area contributed by atoms with Crippen molar-refractivity contribution in [1.29, 1.82) is 0 Å². The molecule has 2 aromatic rings. The van der Waals surface area contributed by atoms with Crippen molar-refractivity contribution in [2.24, 2.45) is 0 Å². The average Bonchev–Trinajstić information content (AvgIpc) is 3.02. The molecular weight excluding hydrogens is 321 g/mol. The zero-order valence-electron chi connectivity index (χ0n) is 14.2. The summed E-state index contributed by atoms with van der Waals surface area (Å²) in [5.41, 5.74) is 1.78. The van der Waals surface area contributed by atoms with Crippen molar-refractivity contribution in [1.82, 2.24) is 4.90 Å². The number of amides is 1. The second-order valence-electron chi connectivity index (χ2n) is 6.35. The van der Waals surface area contributed by atoms with Crippen LogP contribution in [0.1, 0.15) is 30.0 Å². The molecule has 0 aliphatic carbocycles. The summed E-state index contributed by atoms with van der Waals surface area (Å²) in [5, 5.41) is 9.99. The number of hydrogen-bond acceptors (Lipinski definition) is 3. The number of nitrogens with zero attached hydrogens (tertiary/aromatic N) is 1. The van der Waals surface area contributed by atoms with Crippen molar-refractivity contribution in [2.45, 2.75) is 31.4 Å². The van der Waals surface area contributed by atoms with E-state index in [4.69, 9.17) is 4.74 Å². The van der Waals surface area contributed by atoms with Gasteiger partial charge in [0.05, 0.1) is 19.3 Å². The van der Waals surface area contributed by atoms with Gasteiger partial charge < -0.3 is 14.7 Å². The number of ether oxygens (including phenoxy) is 1. The molecule has 132 valence electrons. The van der Waals surface area contributed by atoms with Crippen LogP contribution in [0, 0.1) is 5.82 Å². The molecule has 0 bridgehead atoms. The fourth-order valence-electron chi connectivity index (χ4n) is 3.31. The van der Waals surface area contributed by atoms with Crippen LogP contribution in [0.3, 0.4) is 0 Å². The van der Waals surface area contributed by atoms with Crippen LogP contribution in [0.25, 0.3) is 0 Å². The summed E-state index contributed by atoms with van der Waals surface area (Å²) in [6, 6.07) is 13.6. The fraction of sp³-hybridized carbons (Fsp3) is 0.350. The molecule has 3 rings (SSSR count). The number of benzene rings is 2. The molecule has 2 atom stereocenters. The molecule has 1 aliphatic heterocycles. The zero-order chi connectivity index (χ0) is 17.8. The van der Waals surface area contributed by atoms with Crippen LogP contribution in [0.15, 0.2) is 48.5 Å². The maximum Gasteiger partial charge on any atom is 0.223 e. The summed E-state index contributed by atoms with van der Waals surface area (Å²) < 4.78 is 18.6. The Balaban J connectivity index is 1.66. The molecule has 1 amide bonds. The summed E-state index contributed by atoms with van der Waals surface area (Å²) in [7, 11) is 1.61. The first-order valence-electron chi connectivity index (χ1n) is 8.42. The molecule has 25 heavy (non-hydrogen) atoms. The number of aliphatic hydroxyl groups is 1. The number of likely N-dealkylation sites (tertiary alicyclic amines) is 1. The highest BCUT2D eigenvalue weighted by Crippen LogP contribution is 2.33. The largest absolute Gasteiger partial charge is 0.497 e. The molecule has 1 aliphatic rings. The lowest BCUT2D eigenvalue weighted by Gasteiger charge is -2.25. The number of halogens is 1. The highest BCUT2D eigenvalue weighted by molar-refractivity contribution is 5.77. The maximum atomic E-state index is 13.5. The fourth-order valence-corrected chi connectivity index (χ4v) is 3.31. The molecule has 2 aromatic carbocycles. The lowest BCUT2D eigenvalue weighted by molar-refractivity contribution is -0.132. The van der Waals surface area contributed by atoms with Crippen molar-refractivity contribution >= 4 is 5.91 Å². The number of rotatable bonds is 5. The van der Waals surface area contributed by atoms with E-state index in [1.54, 1.807) is 24.1 Å². The van der Waals surface area contributed by atoms with Gasteiger partial charge in [0.1, 0.15) is 11.6 Å². The Morgan fingerprint density at radius 3 is 2.72 bits per heavy atom. The Hall–Kier alpha value is -2.40. The lowest BCUT2D eigenvalue weighted by atomic mass is 10.0. The predicted molar refractivity (Wildman–Crippen MR) is 92.8 cm³/mol. The lowest BCUT2D eigenvalue weighted by Crippen LogP contribution is -2.32. The SMILES string of the molecule is COc1ccc(CCC(=O)N2CC(O)CC2c2cccc(F)c2)cc1. The van der Waals surface area contributed by atoms with E-state index in [1.807, 2.05) is 24.3 Å². The van der Waals surface area contributed by atoms with Gasteiger partial charge in [0.25, 0.3) is 0 Å². The third-order valence-corrected chi connectivity index (χ3v) is 4.62. The number of hydrogen-bond donors (Lipinski definition) is 1. The normalized spacial score (nSPS) is 19.9. The van der Waals surface area contributed by atoms with Crippen molar-refractivity contribution in [3.05, 3.63) is 65.5 Å². The predicted octanol–water partition coefficient (Wildman–Crippen LogP) is 3.10. The smallest absolute Gasteiger partial charge is 0.223 e. The topological polar surface area (TPSA) is 49.8 Å². The van der Waals surface area contributed by atoms with Crippen molar-refractivity contribution in [2.75, 3.05) is 13.7 Å². The molecular formula is C20H22FNO3. The van der Waals surface area contributed by atoms with E-state index in [-0.39, 0.29) is 17.8 Å². The maximum absolute atomic E-state index is 13.5. The first kappa shape index (κ1) is 17.4. The number of carbonyl (C=O) groups is 1. The van der Waals surface area contributed by atoms with Gasteiger partial charge in [0.15, 0.2) is 0 Å². The van der Waals surface area contributed by atoms with Crippen LogP contribution < -0.4 is 4.74 Å². The first-order valence-corrected chi connectivity index (χ1v) is 8.42. The zero-order valence-corrected chi connectivity index (χ0v) is 14.2. The molecule has 5 heteroatoms. The van der Waals surface area contributed by atoms with Crippen LogP contribution in [0.4, 0.5) is 4.39 Å². The van der Waals surface area contributed by atoms with Crippen molar-refractivity contribution in [3.63, 3.8) is 0 Å². The van der Waals surface area contributed by atoms with E-state index in [0.29, 0.717) is 25.8 Å². The van der Waals surface area contributed by atoms with Crippen LogP contribution >= 0.6 is 0 Å². The van der Waals surface area contributed by atoms with E-state index >= 15 is 0 Å². The first-order chi connectivity index (χ1) is 12.1. The number of methoxy groups -OCH3 is 1. The van der Waals surface area contributed by atoms with E-state index in [9.17, 15) is 14.3 Å². The highest BCUT2D eigenvalue weighted by Gasteiger charge is 2.35. The monoisotopic (exact) mass is 343 g/mol. The third kappa shape index (κ3) is 4.17. The summed E-state index contributed by atoms with van der Waals surface area (Å²) in [4.78, 5) is 14.3. The van der Waals surface area contributed by atoms with Gasteiger partial charge in [-0.05, 0) is 48.2 Å². The van der Waals surface area contributed by atoms with Crippen molar-refractivity contribution in [3.8, 4) is 5.75 Å². The highest BCUT2D eigenvalue weighted by atomic mass is 19.1. The Kier molecular flexibility index (Phi) is 5.34. The van der Waals surface area contributed by atoms with E-state index in [1.165, 1.54) is 12.1 Å². The average molecular weight is 343 g/mol. The molecule has 0 aromatic heterocycles. The molecule has 2 unspecified atom stereocenters. The van der Waals surface area contributed by atoms with Crippen LogP contribution in [0.5, 0.6) is 5.75 Å². The summed E-state index contributed by atoms with van der Waals surface area (Å²) in [6.07, 6.45) is 0.839. The Labute approximate surface area is 146 Å². The molecule has 0 spiro atoms. The minimum atomic E-state index is -0.571. The third-order valence-electron chi connectivity index (χ3n) is 4.62. The van der Waals surface area contributed by atoms with Gasteiger partial charge in [-0.1, -0.05) is 24.3 Å². The van der Waals surface area contributed by atoms with E-state index in [0.717, 1.165) is 16.9 Å². The van der Waals surface area contributed by atoms with Gasteiger partial charge in [-0.2, -0.15) is 0 Å². The van der Waals surface area contributed by atoms with E-state index in [2.05, 4.69) is 0 Å². The van der Waals surface area contributed by atoms with E-state index < -0.39 is 6.10 Å². The number of aliphatic hydroxyl groups excluding tert-OH is 1. The van der Waals surface area contributed by atoms with Gasteiger partial charge in [-0.15, -0.1) is 0 Å². The molecule has 1 N–H and O–H groups in total. The molecule has 0 saturated carbocycles. The number of β-amino-alcohol motifs (C(OH)–C–C–N with tert-alkyl or cyclic N) is 1. The van der Waals surface area contributed by atoms with Crippen LogP contribution in [-0.4, -0.2) is 35.7 Å². The van der Waals surface area contributed by atoms with Gasteiger partial charge >= 0.3 is 0 Å². The molecule has 0 radical (unpaired) electrons. The summed E-state index contributed by atoms with van der Waals surface area (Å²) >= 11 is 0. The number of aryl methyl sites for hydroxylation is 1.